The van der Waals surface area contributed by atoms with Crippen LogP contribution in [0.25, 0.3) is 0 Å². The van der Waals surface area contributed by atoms with Crippen LogP contribution >= 0.6 is 0 Å². The average Bonchev–Trinajstić information content (AvgIpc) is 3.23. The van der Waals surface area contributed by atoms with E-state index < -0.39 is 5.82 Å². The SMILES string of the molecule is COCc1ccc([C@@H]2CCCN2C(=O)NCc2ncccc2F)o1. The summed E-state index contributed by atoms with van der Waals surface area (Å²) in [5.74, 6) is 1.06. The molecular weight excluding hydrogens is 313 g/mol. The van der Waals surface area contributed by atoms with Crippen LogP contribution in [0.2, 0.25) is 0 Å². The Kier molecular flexibility index (Phi) is 5.10. The van der Waals surface area contributed by atoms with Crippen molar-refractivity contribution in [3.05, 3.63) is 53.5 Å². The molecule has 1 saturated heterocycles. The lowest BCUT2D eigenvalue weighted by atomic mass is 10.2. The van der Waals surface area contributed by atoms with Crippen LogP contribution in [0.4, 0.5) is 9.18 Å². The van der Waals surface area contributed by atoms with Crippen molar-refractivity contribution >= 4 is 6.03 Å². The van der Waals surface area contributed by atoms with Gasteiger partial charge in [-0.2, -0.15) is 0 Å². The third-order valence-electron chi connectivity index (χ3n) is 4.05. The first-order valence-corrected chi connectivity index (χ1v) is 7.90. The van der Waals surface area contributed by atoms with Gasteiger partial charge < -0.3 is 19.4 Å². The summed E-state index contributed by atoms with van der Waals surface area (Å²) in [6.45, 7) is 1.10. The molecule has 0 spiro atoms. The van der Waals surface area contributed by atoms with E-state index in [1.807, 2.05) is 12.1 Å². The summed E-state index contributed by atoms with van der Waals surface area (Å²) in [5, 5.41) is 2.73. The third-order valence-corrected chi connectivity index (χ3v) is 4.05. The van der Waals surface area contributed by atoms with Crippen molar-refractivity contribution in [2.45, 2.75) is 32.0 Å². The monoisotopic (exact) mass is 333 g/mol. The summed E-state index contributed by atoms with van der Waals surface area (Å²) in [6.07, 6.45) is 3.24. The van der Waals surface area contributed by atoms with Gasteiger partial charge in [0, 0.05) is 19.9 Å². The summed E-state index contributed by atoms with van der Waals surface area (Å²) < 4.78 is 24.4. The molecule has 1 aliphatic heterocycles. The molecule has 0 bridgehead atoms. The maximum atomic E-state index is 13.6. The van der Waals surface area contributed by atoms with Gasteiger partial charge in [-0.25, -0.2) is 9.18 Å². The number of pyridine rings is 1. The topological polar surface area (TPSA) is 67.6 Å². The fourth-order valence-corrected chi connectivity index (χ4v) is 2.91. The van der Waals surface area contributed by atoms with E-state index in [0.717, 1.165) is 24.4 Å². The molecule has 1 N–H and O–H groups in total. The van der Waals surface area contributed by atoms with Crippen LogP contribution in [0, 0.1) is 5.82 Å². The maximum Gasteiger partial charge on any atom is 0.318 e. The van der Waals surface area contributed by atoms with Gasteiger partial charge in [0.15, 0.2) is 0 Å². The molecule has 0 aliphatic carbocycles. The van der Waals surface area contributed by atoms with E-state index in [2.05, 4.69) is 10.3 Å². The van der Waals surface area contributed by atoms with E-state index in [1.54, 1.807) is 12.0 Å². The molecule has 128 valence electrons. The summed E-state index contributed by atoms with van der Waals surface area (Å²) in [4.78, 5) is 18.1. The highest BCUT2D eigenvalue weighted by Crippen LogP contribution is 2.33. The minimum Gasteiger partial charge on any atom is -0.461 e. The highest BCUT2D eigenvalue weighted by atomic mass is 19.1. The van der Waals surface area contributed by atoms with Crippen molar-refractivity contribution in [1.82, 2.24) is 15.2 Å². The standard InChI is InChI=1S/C17H20FN3O3/c1-23-11-12-6-7-16(24-12)15-5-3-9-21(15)17(22)20-10-14-13(18)4-2-8-19-14/h2,4,6-8,15H,3,5,9-11H2,1H3,(H,20,22)/t15-/m0/s1. The molecule has 1 atom stereocenters. The van der Waals surface area contributed by atoms with Crippen LogP contribution in [0.5, 0.6) is 0 Å². The Balaban J connectivity index is 1.64. The van der Waals surface area contributed by atoms with Gasteiger partial charge in [-0.1, -0.05) is 0 Å². The van der Waals surface area contributed by atoms with Crippen molar-refractivity contribution < 1.29 is 18.3 Å². The van der Waals surface area contributed by atoms with Gasteiger partial charge in [-0.3, -0.25) is 4.98 Å². The molecule has 0 radical (unpaired) electrons. The zero-order valence-corrected chi connectivity index (χ0v) is 13.5. The van der Waals surface area contributed by atoms with Crippen LogP contribution in [0.15, 0.2) is 34.9 Å². The lowest BCUT2D eigenvalue weighted by Crippen LogP contribution is -2.39. The van der Waals surface area contributed by atoms with Crippen molar-refractivity contribution in [3.8, 4) is 0 Å². The molecule has 0 unspecified atom stereocenters. The Morgan fingerprint density at radius 2 is 2.38 bits per heavy atom. The van der Waals surface area contributed by atoms with Crippen molar-refractivity contribution in [1.29, 1.82) is 0 Å². The van der Waals surface area contributed by atoms with Gasteiger partial charge in [-0.15, -0.1) is 0 Å². The average molecular weight is 333 g/mol. The van der Waals surface area contributed by atoms with Crippen LogP contribution in [0.1, 0.15) is 36.1 Å². The zero-order chi connectivity index (χ0) is 16.9. The highest BCUT2D eigenvalue weighted by molar-refractivity contribution is 5.75. The summed E-state index contributed by atoms with van der Waals surface area (Å²) in [6, 6.07) is 6.23. The number of carbonyl (C=O) groups excluding carboxylic acids is 1. The Hall–Kier alpha value is -2.41. The first-order valence-electron chi connectivity index (χ1n) is 7.90. The second-order valence-electron chi connectivity index (χ2n) is 5.68. The number of aromatic nitrogens is 1. The van der Waals surface area contributed by atoms with E-state index in [1.165, 1.54) is 18.3 Å². The number of urea groups is 1. The predicted octanol–water partition coefficient (Wildman–Crippen LogP) is 3.01. The molecule has 0 saturated carbocycles. The molecule has 7 heteroatoms. The van der Waals surface area contributed by atoms with E-state index >= 15 is 0 Å². The number of halogens is 1. The lowest BCUT2D eigenvalue weighted by molar-refractivity contribution is 0.156. The van der Waals surface area contributed by atoms with Crippen LogP contribution in [0.3, 0.4) is 0 Å². The Morgan fingerprint density at radius 3 is 3.17 bits per heavy atom. The van der Waals surface area contributed by atoms with Gasteiger partial charge in [0.1, 0.15) is 23.9 Å². The number of furan rings is 1. The van der Waals surface area contributed by atoms with Crippen molar-refractivity contribution in [2.24, 2.45) is 0 Å². The first-order chi connectivity index (χ1) is 11.7. The number of nitrogens with zero attached hydrogens (tertiary/aromatic N) is 2. The minimum atomic E-state index is -0.425. The number of hydrogen-bond acceptors (Lipinski definition) is 4. The van der Waals surface area contributed by atoms with Gasteiger partial charge in [-0.05, 0) is 37.1 Å². The van der Waals surface area contributed by atoms with E-state index in [4.69, 9.17) is 9.15 Å². The molecule has 2 aromatic rings. The first kappa shape index (κ1) is 16.4. The normalized spacial score (nSPS) is 17.2. The molecule has 24 heavy (non-hydrogen) atoms. The highest BCUT2D eigenvalue weighted by Gasteiger charge is 2.32. The molecule has 1 aliphatic rings. The Bertz CT molecular complexity index is 704. The van der Waals surface area contributed by atoms with Crippen molar-refractivity contribution in [2.75, 3.05) is 13.7 Å². The second kappa shape index (κ2) is 7.44. The number of rotatable bonds is 5. The summed E-state index contributed by atoms with van der Waals surface area (Å²) in [5.41, 5.74) is 0.224. The quantitative estimate of drug-likeness (QED) is 0.913. The smallest absolute Gasteiger partial charge is 0.318 e. The maximum absolute atomic E-state index is 13.6. The van der Waals surface area contributed by atoms with E-state index in [-0.39, 0.29) is 24.3 Å². The van der Waals surface area contributed by atoms with E-state index in [9.17, 15) is 9.18 Å². The zero-order valence-electron chi connectivity index (χ0n) is 13.5. The second-order valence-corrected chi connectivity index (χ2v) is 5.68. The molecule has 1 fully saturated rings. The number of methoxy groups -OCH3 is 1. The molecule has 2 aromatic heterocycles. The number of nitrogens with one attached hydrogen (secondary N) is 1. The van der Waals surface area contributed by atoms with Gasteiger partial charge in [0.05, 0.1) is 18.3 Å². The summed E-state index contributed by atoms with van der Waals surface area (Å²) >= 11 is 0. The van der Waals surface area contributed by atoms with Gasteiger partial charge in [0.25, 0.3) is 0 Å². The number of likely N-dealkylation sites (tertiary alicyclic amines) is 1. The molecule has 3 rings (SSSR count). The Labute approximate surface area is 139 Å². The van der Waals surface area contributed by atoms with Gasteiger partial charge in [0.2, 0.25) is 0 Å². The number of ether oxygens (including phenoxy) is 1. The fourth-order valence-electron chi connectivity index (χ4n) is 2.91. The van der Waals surface area contributed by atoms with Gasteiger partial charge >= 0.3 is 6.03 Å². The number of carbonyl (C=O) groups is 1. The van der Waals surface area contributed by atoms with Crippen LogP contribution in [-0.2, 0) is 17.9 Å². The largest absolute Gasteiger partial charge is 0.461 e. The van der Waals surface area contributed by atoms with E-state index in [0.29, 0.717) is 13.2 Å². The molecule has 3 heterocycles. The Morgan fingerprint density at radius 1 is 1.50 bits per heavy atom. The molecular formula is C17H20FN3O3. The lowest BCUT2D eigenvalue weighted by Gasteiger charge is -2.23. The minimum absolute atomic E-state index is 0.0573. The van der Waals surface area contributed by atoms with Crippen LogP contribution in [-0.4, -0.2) is 29.6 Å². The molecule has 6 nitrogen and oxygen atoms in total. The number of hydrogen-bond donors (Lipinski definition) is 1. The summed E-state index contributed by atoms with van der Waals surface area (Å²) in [7, 11) is 1.61. The molecule has 0 aromatic carbocycles. The fraction of sp³-hybridized carbons (Fsp3) is 0.412. The van der Waals surface area contributed by atoms with Crippen molar-refractivity contribution in [3.63, 3.8) is 0 Å². The van der Waals surface area contributed by atoms with Crippen LogP contribution < -0.4 is 5.32 Å². The predicted molar refractivity (Wildman–Crippen MR) is 84.5 cm³/mol. The molecule has 2 amide bonds. The number of amides is 2. The third kappa shape index (κ3) is 3.56.